The van der Waals surface area contributed by atoms with Crippen LogP contribution in [0.4, 0.5) is 0 Å². The summed E-state index contributed by atoms with van der Waals surface area (Å²) >= 11 is 0. The highest BCUT2D eigenvalue weighted by atomic mass is 15.2. The minimum absolute atomic E-state index is 0.00148. The van der Waals surface area contributed by atoms with E-state index in [1.54, 1.807) is 16.9 Å². The Morgan fingerprint density at radius 3 is 3.12 bits per heavy atom. The molecule has 0 aliphatic rings. The molecule has 16 heavy (non-hydrogen) atoms. The number of aromatic nitrogens is 3. The summed E-state index contributed by atoms with van der Waals surface area (Å²) in [5.74, 6) is 0. The standard InChI is InChI=1S/C12H16N4/c1-9(2)3-4-11(13)10-7-15-16-6-5-14-8-12(10)16/h5-8,11H,1,3-4,13H2,2H3. The molecule has 0 radical (unpaired) electrons. The Balaban J connectivity index is 2.22. The molecule has 0 bridgehead atoms. The average Bonchev–Trinajstić information content (AvgIpc) is 2.69. The maximum atomic E-state index is 6.13. The van der Waals surface area contributed by atoms with Gasteiger partial charge in [0.15, 0.2) is 0 Å². The van der Waals surface area contributed by atoms with Gasteiger partial charge in [-0.1, -0.05) is 5.57 Å². The Kier molecular flexibility index (Phi) is 3.01. The van der Waals surface area contributed by atoms with Gasteiger partial charge in [-0.05, 0) is 19.8 Å². The van der Waals surface area contributed by atoms with Crippen molar-refractivity contribution in [1.82, 2.24) is 14.6 Å². The van der Waals surface area contributed by atoms with Crippen molar-refractivity contribution in [2.45, 2.75) is 25.8 Å². The third kappa shape index (κ3) is 2.12. The van der Waals surface area contributed by atoms with E-state index in [-0.39, 0.29) is 6.04 Å². The van der Waals surface area contributed by atoms with Crippen molar-refractivity contribution >= 4 is 5.52 Å². The van der Waals surface area contributed by atoms with Gasteiger partial charge in [0.1, 0.15) is 0 Å². The molecule has 0 amide bonds. The molecule has 0 aliphatic carbocycles. The van der Waals surface area contributed by atoms with E-state index in [4.69, 9.17) is 5.73 Å². The Labute approximate surface area is 94.8 Å². The lowest BCUT2D eigenvalue weighted by atomic mass is 10.0. The molecular formula is C12H16N4. The van der Waals surface area contributed by atoms with Crippen LogP contribution in [-0.4, -0.2) is 14.6 Å². The quantitative estimate of drug-likeness (QED) is 0.796. The first kappa shape index (κ1) is 10.8. The molecule has 1 unspecified atom stereocenters. The van der Waals surface area contributed by atoms with E-state index < -0.39 is 0 Å². The predicted octanol–water partition coefficient (Wildman–Crippen LogP) is 2.09. The molecular weight excluding hydrogens is 200 g/mol. The molecule has 0 saturated heterocycles. The smallest absolute Gasteiger partial charge is 0.0892 e. The molecule has 2 heterocycles. The second-order valence-corrected chi connectivity index (χ2v) is 4.11. The second-order valence-electron chi connectivity index (χ2n) is 4.11. The topological polar surface area (TPSA) is 56.2 Å². The molecule has 0 fully saturated rings. The van der Waals surface area contributed by atoms with E-state index in [0.29, 0.717) is 0 Å². The summed E-state index contributed by atoms with van der Waals surface area (Å²) in [6.45, 7) is 5.90. The Bertz CT molecular complexity index is 500. The van der Waals surface area contributed by atoms with Gasteiger partial charge in [-0.3, -0.25) is 4.98 Å². The summed E-state index contributed by atoms with van der Waals surface area (Å²) in [6, 6.07) is -0.00148. The largest absolute Gasteiger partial charge is 0.324 e. The first-order chi connectivity index (χ1) is 7.68. The minimum atomic E-state index is -0.00148. The number of hydrogen-bond acceptors (Lipinski definition) is 3. The Morgan fingerprint density at radius 2 is 2.38 bits per heavy atom. The summed E-state index contributed by atoms with van der Waals surface area (Å²) in [5.41, 5.74) is 9.32. The third-order valence-corrected chi connectivity index (χ3v) is 2.64. The Hall–Kier alpha value is -1.68. The average molecular weight is 216 g/mol. The van der Waals surface area contributed by atoms with E-state index in [2.05, 4.69) is 16.7 Å². The van der Waals surface area contributed by atoms with Crippen LogP contribution in [0.15, 0.2) is 36.9 Å². The van der Waals surface area contributed by atoms with Gasteiger partial charge in [-0.15, -0.1) is 6.58 Å². The molecule has 0 aliphatic heterocycles. The summed E-state index contributed by atoms with van der Waals surface area (Å²) in [6.07, 6.45) is 8.99. The molecule has 2 aromatic heterocycles. The molecule has 84 valence electrons. The van der Waals surface area contributed by atoms with Crippen LogP contribution in [0, 0.1) is 0 Å². The van der Waals surface area contributed by atoms with Crippen LogP contribution < -0.4 is 5.73 Å². The molecule has 4 nitrogen and oxygen atoms in total. The Morgan fingerprint density at radius 1 is 1.56 bits per heavy atom. The van der Waals surface area contributed by atoms with Crippen molar-refractivity contribution in [1.29, 1.82) is 0 Å². The van der Waals surface area contributed by atoms with Crippen molar-refractivity contribution in [3.63, 3.8) is 0 Å². The maximum absolute atomic E-state index is 6.13. The molecule has 0 spiro atoms. The van der Waals surface area contributed by atoms with E-state index in [0.717, 1.165) is 29.5 Å². The van der Waals surface area contributed by atoms with Crippen LogP contribution in [0.5, 0.6) is 0 Å². The highest BCUT2D eigenvalue weighted by Crippen LogP contribution is 2.21. The van der Waals surface area contributed by atoms with E-state index >= 15 is 0 Å². The fourth-order valence-corrected chi connectivity index (χ4v) is 1.70. The highest BCUT2D eigenvalue weighted by molar-refractivity contribution is 5.53. The highest BCUT2D eigenvalue weighted by Gasteiger charge is 2.11. The number of allylic oxidation sites excluding steroid dienone is 1. The van der Waals surface area contributed by atoms with Crippen LogP contribution >= 0.6 is 0 Å². The molecule has 0 aromatic carbocycles. The lowest BCUT2D eigenvalue weighted by Crippen LogP contribution is -2.10. The first-order valence-corrected chi connectivity index (χ1v) is 5.35. The molecule has 0 saturated carbocycles. The van der Waals surface area contributed by atoms with Crippen molar-refractivity contribution in [3.8, 4) is 0 Å². The lowest BCUT2D eigenvalue weighted by Gasteiger charge is -2.09. The van der Waals surface area contributed by atoms with Gasteiger partial charge >= 0.3 is 0 Å². The summed E-state index contributed by atoms with van der Waals surface area (Å²) in [4.78, 5) is 4.09. The molecule has 1 atom stereocenters. The van der Waals surface area contributed by atoms with Crippen LogP contribution in [0.25, 0.3) is 5.52 Å². The van der Waals surface area contributed by atoms with Gasteiger partial charge in [-0.2, -0.15) is 5.10 Å². The van der Waals surface area contributed by atoms with Crippen molar-refractivity contribution in [3.05, 3.63) is 42.5 Å². The van der Waals surface area contributed by atoms with Gasteiger partial charge in [-0.25, -0.2) is 4.52 Å². The summed E-state index contributed by atoms with van der Waals surface area (Å²) in [5, 5.41) is 4.24. The zero-order chi connectivity index (χ0) is 11.5. The van der Waals surface area contributed by atoms with Gasteiger partial charge in [0.2, 0.25) is 0 Å². The number of fused-ring (bicyclic) bond motifs is 1. The second kappa shape index (κ2) is 4.45. The number of nitrogens with zero attached hydrogens (tertiary/aromatic N) is 3. The first-order valence-electron chi connectivity index (χ1n) is 5.35. The van der Waals surface area contributed by atoms with E-state index in [9.17, 15) is 0 Å². The fraction of sp³-hybridized carbons (Fsp3) is 0.333. The lowest BCUT2D eigenvalue weighted by molar-refractivity contribution is 0.653. The molecule has 4 heteroatoms. The van der Waals surface area contributed by atoms with Gasteiger partial charge in [0.25, 0.3) is 0 Å². The SMILES string of the molecule is C=C(C)CCC(N)c1cnn2ccncc12. The van der Waals surface area contributed by atoms with Crippen molar-refractivity contribution in [2.75, 3.05) is 0 Å². The zero-order valence-electron chi connectivity index (χ0n) is 9.43. The van der Waals surface area contributed by atoms with Crippen molar-refractivity contribution < 1.29 is 0 Å². The fourth-order valence-electron chi connectivity index (χ4n) is 1.70. The van der Waals surface area contributed by atoms with Crippen LogP contribution in [0.1, 0.15) is 31.4 Å². The van der Waals surface area contributed by atoms with Gasteiger partial charge < -0.3 is 5.73 Å². The number of hydrogen-bond donors (Lipinski definition) is 1. The number of nitrogens with two attached hydrogens (primary N) is 1. The summed E-state index contributed by atoms with van der Waals surface area (Å²) in [7, 11) is 0. The minimum Gasteiger partial charge on any atom is -0.324 e. The van der Waals surface area contributed by atoms with E-state index in [1.807, 2.05) is 19.3 Å². The van der Waals surface area contributed by atoms with Crippen molar-refractivity contribution in [2.24, 2.45) is 5.73 Å². The predicted molar refractivity (Wildman–Crippen MR) is 64.0 cm³/mol. The van der Waals surface area contributed by atoms with Crippen LogP contribution in [0.2, 0.25) is 0 Å². The monoisotopic (exact) mass is 216 g/mol. The maximum Gasteiger partial charge on any atom is 0.0892 e. The number of rotatable bonds is 4. The van der Waals surface area contributed by atoms with Gasteiger partial charge in [0.05, 0.1) is 17.9 Å². The zero-order valence-corrected chi connectivity index (χ0v) is 9.43. The van der Waals surface area contributed by atoms with Crippen LogP contribution in [0.3, 0.4) is 0 Å². The van der Waals surface area contributed by atoms with Crippen LogP contribution in [-0.2, 0) is 0 Å². The van der Waals surface area contributed by atoms with E-state index in [1.165, 1.54) is 0 Å². The third-order valence-electron chi connectivity index (χ3n) is 2.64. The van der Waals surface area contributed by atoms with Gasteiger partial charge in [0, 0.05) is 24.0 Å². The summed E-state index contributed by atoms with van der Waals surface area (Å²) < 4.78 is 1.79. The molecule has 2 N–H and O–H groups in total. The molecule has 2 aromatic rings. The molecule has 2 rings (SSSR count). The normalized spacial score (nSPS) is 12.9.